The molecule has 0 saturated heterocycles. The Morgan fingerprint density at radius 1 is 1.06 bits per heavy atom. The summed E-state index contributed by atoms with van der Waals surface area (Å²) >= 11 is 6.56. The van der Waals surface area contributed by atoms with Gasteiger partial charge in [-0.1, -0.05) is 61.8 Å². The number of halogens is 1. The number of hydrogen-bond acceptors (Lipinski definition) is 4. The van der Waals surface area contributed by atoms with E-state index in [1.807, 2.05) is 48.5 Å². The van der Waals surface area contributed by atoms with E-state index in [-0.39, 0.29) is 16.8 Å². The number of anilines is 1. The highest BCUT2D eigenvalue weighted by atomic mass is 35.5. The number of nitrogens with one attached hydrogen (secondary N) is 2. The summed E-state index contributed by atoms with van der Waals surface area (Å²) in [4.78, 5) is 35.8. The number of fused-ring (bicyclic) bond motifs is 1. The Balaban J connectivity index is 0.000000636. The van der Waals surface area contributed by atoms with Crippen LogP contribution in [-0.2, 0) is 9.59 Å². The van der Waals surface area contributed by atoms with Crippen molar-refractivity contribution in [1.82, 2.24) is 9.78 Å². The molecule has 2 heterocycles. The summed E-state index contributed by atoms with van der Waals surface area (Å²) in [5.41, 5.74) is 3.24. The fourth-order valence-electron chi connectivity index (χ4n) is 4.67. The number of hydrogen-bond donors (Lipinski definition) is 3. The Hall–Kier alpha value is -3.58. The van der Waals surface area contributed by atoms with E-state index in [0.717, 1.165) is 30.3 Å². The number of carbonyl (C=O) groups is 2. The second-order valence-electron chi connectivity index (χ2n) is 9.31. The molecule has 3 aromatic rings. The van der Waals surface area contributed by atoms with E-state index in [2.05, 4.69) is 24.3 Å². The molecular formula is C26H26ClN3O4. The first-order valence-corrected chi connectivity index (χ1v) is 11.3. The van der Waals surface area contributed by atoms with E-state index < -0.39 is 11.9 Å². The Morgan fingerprint density at radius 3 is 2.32 bits per heavy atom. The number of benzene rings is 2. The zero-order valence-electron chi connectivity index (χ0n) is 19.2. The van der Waals surface area contributed by atoms with Crippen LogP contribution in [0, 0.1) is 5.41 Å². The van der Waals surface area contributed by atoms with Crippen LogP contribution in [0.3, 0.4) is 0 Å². The van der Waals surface area contributed by atoms with E-state index in [0.29, 0.717) is 28.4 Å². The van der Waals surface area contributed by atoms with Crippen LogP contribution in [0.5, 0.6) is 0 Å². The fourth-order valence-corrected chi connectivity index (χ4v) is 4.91. The van der Waals surface area contributed by atoms with E-state index in [1.165, 1.54) is 4.68 Å². The molecule has 1 aliphatic carbocycles. The molecular weight excluding hydrogens is 454 g/mol. The number of ketones is 1. The predicted octanol–water partition coefficient (Wildman–Crippen LogP) is 5.11. The molecule has 1 atom stereocenters. The Morgan fingerprint density at radius 2 is 1.68 bits per heavy atom. The summed E-state index contributed by atoms with van der Waals surface area (Å²) < 4.78 is 1.52. The average molecular weight is 480 g/mol. The van der Waals surface area contributed by atoms with Crippen molar-refractivity contribution in [2.24, 2.45) is 5.41 Å². The van der Waals surface area contributed by atoms with Crippen LogP contribution in [0.25, 0.3) is 5.69 Å². The van der Waals surface area contributed by atoms with Crippen LogP contribution in [0.4, 0.5) is 5.82 Å². The predicted molar refractivity (Wildman–Crippen MR) is 132 cm³/mol. The molecule has 3 N–H and O–H groups in total. The number of allylic oxidation sites excluding steroid dienone is 2. The smallest absolute Gasteiger partial charge is 0.300 e. The van der Waals surface area contributed by atoms with Gasteiger partial charge < -0.3 is 10.4 Å². The first-order chi connectivity index (χ1) is 16.1. The van der Waals surface area contributed by atoms with Crippen molar-refractivity contribution >= 4 is 29.2 Å². The van der Waals surface area contributed by atoms with Crippen molar-refractivity contribution < 1.29 is 14.7 Å². The summed E-state index contributed by atoms with van der Waals surface area (Å²) in [5.74, 6) is -0.642. The molecule has 8 heteroatoms. The number of nitrogens with zero attached hydrogens (tertiary/aromatic N) is 1. The van der Waals surface area contributed by atoms with Gasteiger partial charge in [0.1, 0.15) is 5.82 Å². The quantitative estimate of drug-likeness (QED) is 0.473. The van der Waals surface area contributed by atoms with E-state index in [1.54, 1.807) is 6.07 Å². The molecule has 34 heavy (non-hydrogen) atoms. The number of Topliss-reactive ketones (excluding diaryl/α,β-unsaturated/α-hetero) is 1. The monoisotopic (exact) mass is 479 g/mol. The SMILES string of the molecule is CC(=O)O.CC1(C)CC(=O)C2=C(C1)Nc1[nH]n(-c3ccccc3)c(=O)c1C2c1ccccc1Cl. The van der Waals surface area contributed by atoms with Gasteiger partial charge in [-0.25, -0.2) is 4.68 Å². The van der Waals surface area contributed by atoms with Crippen LogP contribution in [-0.4, -0.2) is 26.6 Å². The summed E-state index contributed by atoms with van der Waals surface area (Å²) in [6.07, 6.45) is 1.17. The van der Waals surface area contributed by atoms with Crippen molar-refractivity contribution in [3.05, 3.63) is 92.4 Å². The van der Waals surface area contributed by atoms with Crippen molar-refractivity contribution in [1.29, 1.82) is 0 Å². The number of aromatic nitrogens is 2. The van der Waals surface area contributed by atoms with Gasteiger partial charge in [-0.3, -0.25) is 19.5 Å². The Labute approximate surface area is 202 Å². The molecule has 0 amide bonds. The van der Waals surface area contributed by atoms with E-state index in [4.69, 9.17) is 21.5 Å². The molecule has 0 radical (unpaired) electrons. The van der Waals surface area contributed by atoms with Gasteiger partial charge in [0.15, 0.2) is 5.78 Å². The number of carboxylic acid groups (broad SMARTS) is 1. The number of aliphatic carboxylic acids is 1. The highest BCUT2D eigenvalue weighted by molar-refractivity contribution is 6.31. The van der Waals surface area contributed by atoms with Crippen LogP contribution in [0.15, 0.2) is 70.7 Å². The second-order valence-corrected chi connectivity index (χ2v) is 9.72. The summed E-state index contributed by atoms with van der Waals surface area (Å²) in [7, 11) is 0. The molecule has 2 aromatic carbocycles. The lowest BCUT2D eigenvalue weighted by atomic mass is 9.69. The first kappa shape index (κ1) is 23.6. The number of aromatic amines is 1. The standard InChI is InChI=1S/C24H22ClN3O2.C2H4O2/c1-24(2)12-17-20(18(29)13-24)19(15-10-6-7-11-16(15)25)21-22(26-17)27-28(23(21)30)14-8-4-3-5-9-14;1-2(3)4/h3-11,19,26-27H,12-13H2,1-2H3;1H3,(H,3,4). The zero-order chi connectivity index (χ0) is 24.6. The minimum Gasteiger partial charge on any atom is -0.481 e. The minimum atomic E-state index is -0.833. The maximum atomic E-state index is 13.5. The number of carboxylic acids is 1. The normalized spacial score (nSPS) is 18.2. The number of carbonyl (C=O) groups excluding carboxylic acids is 1. The highest BCUT2D eigenvalue weighted by Gasteiger charge is 2.43. The lowest BCUT2D eigenvalue weighted by molar-refractivity contribution is -0.134. The molecule has 0 saturated carbocycles. The number of para-hydroxylation sites is 1. The molecule has 7 nitrogen and oxygen atoms in total. The van der Waals surface area contributed by atoms with Crippen LogP contribution in [0.1, 0.15) is 50.7 Å². The molecule has 0 fully saturated rings. The second kappa shape index (κ2) is 8.99. The van der Waals surface area contributed by atoms with Gasteiger partial charge in [-0.2, -0.15) is 0 Å². The largest absolute Gasteiger partial charge is 0.481 e. The van der Waals surface area contributed by atoms with E-state index in [9.17, 15) is 9.59 Å². The van der Waals surface area contributed by atoms with Gasteiger partial charge in [0.25, 0.3) is 11.5 Å². The summed E-state index contributed by atoms with van der Waals surface area (Å²) in [6.45, 7) is 5.27. The van der Waals surface area contributed by atoms with E-state index >= 15 is 0 Å². The van der Waals surface area contributed by atoms with Gasteiger partial charge in [0.05, 0.1) is 11.3 Å². The third-order valence-corrected chi connectivity index (χ3v) is 6.27. The molecule has 176 valence electrons. The number of rotatable bonds is 2. The van der Waals surface area contributed by atoms with Crippen molar-refractivity contribution in [2.75, 3.05) is 5.32 Å². The number of H-pyrrole nitrogens is 1. The van der Waals surface area contributed by atoms with Gasteiger partial charge >= 0.3 is 0 Å². The molecule has 5 rings (SSSR count). The van der Waals surface area contributed by atoms with Crippen molar-refractivity contribution in [2.45, 2.75) is 39.5 Å². The third kappa shape index (κ3) is 4.43. The van der Waals surface area contributed by atoms with Crippen LogP contribution >= 0.6 is 11.6 Å². The Kier molecular flexibility index (Phi) is 6.23. The topological polar surface area (TPSA) is 104 Å². The minimum absolute atomic E-state index is 0.0659. The molecule has 1 aromatic heterocycles. The molecule has 0 spiro atoms. The lowest BCUT2D eigenvalue weighted by Crippen LogP contribution is -2.35. The van der Waals surface area contributed by atoms with Crippen LogP contribution in [0.2, 0.25) is 5.02 Å². The third-order valence-electron chi connectivity index (χ3n) is 5.93. The first-order valence-electron chi connectivity index (χ1n) is 11.0. The molecule has 2 aliphatic rings. The summed E-state index contributed by atoms with van der Waals surface area (Å²) in [5, 5.41) is 14.6. The highest BCUT2D eigenvalue weighted by Crippen LogP contribution is 2.48. The maximum Gasteiger partial charge on any atom is 0.300 e. The fraction of sp³-hybridized carbons (Fsp3) is 0.269. The zero-order valence-corrected chi connectivity index (χ0v) is 19.9. The average Bonchev–Trinajstić information content (AvgIpc) is 3.08. The maximum absolute atomic E-state index is 13.5. The molecule has 0 bridgehead atoms. The van der Waals surface area contributed by atoms with Crippen molar-refractivity contribution in [3.63, 3.8) is 0 Å². The Bertz CT molecular complexity index is 1350. The molecule has 1 aliphatic heterocycles. The lowest BCUT2D eigenvalue weighted by Gasteiger charge is -2.38. The van der Waals surface area contributed by atoms with Gasteiger partial charge in [-0.05, 0) is 35.6 Å². The summed E-state index contributed by atoms with van der Waals surface area (Å²) in [6, 6.07) is 16.9. The van der Waals surface area contributed by atoms with Gasteiger partial charge in [0.2, 0.25) is 0 Å². The van der Waals surface area contributed by atoms with Gasteiger partial charge in [-0.15, -0.1) is 0 Å². The van der Waals surface area contributed by atoms with Crippen LogP contribution < -0.4 is 10.9 Å². The van der Waals surface area contributed by atoms with Gasteiger partial charge in [0, 0.05) is 35.6 Å². The molecule has 1 unspecified atom stereocenters. The van der Waals surface area contributed by atoms with Crippen molar-refractivity contribution in [3.8, 4) is 5.69 Å².